The number of anilines is 1. The van der Waals surface area contributed by atoms with Gasteiger partial charge in [0.1, 0.15) is 5.82 Å². The standard InChI is InChI=1S/C21H22F4N2O2/c22-17-6-4-15(5-7-17)20(8-10-29-11-9-20)14-27-19(28)13-26-18-3-1-2-16(12-18)21(23,24)25/h1-7,12,26H,8-11,13-14H2,(H,27,28). The molecule has 0 bridgehead atoms. The second kappa shape index (κ2) is 8.82. The number of hydrogen-bond donors (Lipinski definition) is 2. The summed E-state index contributed by atoms with van der Waals surface area (Å²) in [5.74, 6) is -0.666. The Morgan fingerprint density at radius 3 is 2.41 bits per heavy atom. The molecule has 1 fully saturated rings. The number of carbonyl (C=O) groups is 1. The lowest BCUT2D eigenvalue weighted by molar-refractivity contribution is -0.137. The largest absolute Gasteiger partial charge is 0.416 e. The molecule has 2 aromatic carbocycles. The van der Waals surface area contributed by atoms with Crippen LogP contribution >= 0.6 is 0 Å². The van der Waals surface area contributed by atoms with Crippen LogP contribution < -0.4 is 10.6 Å². The lowest BCUT2D eigenvalue weighted by Gasteiger charge is -2.38. The van der Waals surface area contributed by atoms with E-state index in [0.717, 1.165) is 17.7 Å². The van der Waals surface area contributed by atoms with Gasteiger partial charge in [-0.15, -0.1) is 0 Å². The Morgan fingerprint density at radius 2 is 1.76 bits per heavy atom. The van der Waals surface area contributed by atoms with Crippen molar-refractivity contribution in [2.24, 2.45) is 0 Å². The van der Waals surface area contributed by atoms with Gasteiger partial charge >= 0.3 is 6.18 Å². The van der Waals surface area contributed by atoms with Crippen molar-refractivity contribution in [3.8, 4) is 0 Å². The van der Waals surface area contributed by atoms with Crippen LogP contribution in [0, 0.1) is 5.82 Å². The van der Waals surface area contributed by atoms with Crippen molar-refractivity contribution in [3.63, 3.8) is 0 Å². The van der Waals surface area contributed by atoms with Crippen LogP contribution in [0.25, 0.3) is 0 Å². The van der Waals surface area contributed by atoms with Crippen molar-refractivity contribution >= 4 is 11.6 Å². The molecule has 0 spiro atoms. The minimum absolute atomic E-state index is 0.155. The molecule has 3 rings (SSSR count). The van der Waals surface area contributed by atoms with Crippen molar-refractivity contribution in [2.75, 3.05) is 31.6 Å². The zero-order valence-electron chi connectivity index (χ0n) is 15.7. The number of ether oxygens (including phenoxy) is 1. The lowest BCUT2D eigenvalue weighted by atomic mass is 9.74. The van der Waals surface area contributed by atoms with Crippen LogP contribution in [-0.4, -0.2) is 32.2 Å². The predicted octanol–water partition coefficient (Wildman–Crippen LogP) is 4.12. The molecule has 29 heavy (non-hydrogen) atoms. The molecule has 0 unspecified atom stereocenters. The molecule has 1 aliphatic rings. The monoisotopic (exact) mass is 410 g/mol. The zero-order valence-corrected chi connectivity index (χ0v) is 15.7. The fraction of sp³-hybridized carbons (Fsp3) is 0.381. The van der Waals surface area contributed by atoms with Crippen molar-refractivity contribution in [2.45, 2.75) is 24.4 Å². The van der Waals surface area contributed by atoms with E-state index in [2.05, 4.69) is 10.6 Å². The van der Waals surface area contributed by atoms with Gasteiger partial charge in [0.15, 0.2) is 0 Å². The summed E-state index contributed by atoms with van der Waals surface area (Å²) in [6.07, 6.45) is -3.08. The summed E-state index contributed by atoms with van der Waals surface area (Å²) < 4.78 is 57.1. The normalized spacial score (nSPS) is 16.3. The first-order valence-electron chi connectivity index (χ1n) is 9.30. The summed E-state index contributed by atoms with van der Waals surface area (Å²) >= 11 is 0. The third kappa shape index (κ3) is 5.47. The maximum Gasteiger partial charge on any atom is 0.416 e. The minimum atomic E-state index is -4.44. The summed E-state index contributed by atoms with van der Waals surface area (Å²) in [6.45, 7) is 1.26. The predicted molar refractivity (Wildman–Crippen MR) is 101 cm³/mol. The van der Waals surface area contributed by atoms with Crippen molar-refractivity contribution < 1.29 is 27.1 Å². The number of carbonyl (C=O) groups excluding carboxylic acids is 1. The maximum absolute atomic E-state index is 13.3. The van der Waals surface area contributed by atoms with Crippen molar-refractivity contribution in [1.82, 2.24) is 5.32 Å². The number of rotatable bonds is 6. The molecule has 0 aromatic heterocycles. The van der Waals surface area contributed by atoms with E-state index in [9.17, 15) is 22.4 Å². The molecule has 1 heterocycles. The van der Waals surface area contributed by atoms with Gasteiger partial charge in [-0.3, -0.25) is 4.79 Å². The smallest absolute Gasteiger partial charge is 0.381 e. The molecule has 1 saturated heterocycles. The Bertz CT molecular complexity index is 831. The molecule has 4 nitrogen and oxygen atoms in total. The van der Waals surface area contributed by atoms with Crippen molar-refractivity contribution in [1.29, 1.82) is 0 Å². The first-order chi connectivity index (χ1) is 13.8. The van der Waals surface area contributed by atoms with Gasteiger partial charge in [-0.1, -0.05) is 18.2 Å². The molecule has 1 aliphatic heterocycles. The van der Waals surface area contributed by atoms with E-state index in [1.165, 1.54) is 24.3 Å². The van der Waals surface area contributed by atoms with E-state index >= 15 is 0 Å². The zero-order chi connectivity index (χ0) is 20.9. The molecule has 1 amide bonds. The Balaban J connectivity index is 1.60. The Labute approximate surface area is 166 Å². The summed E-state index contributed by atoms with van der Waals surface area (Å²) in [5, 5.41) is 5.57. The van der Waals surface area contributed by atoms with E-state index < -0.39 is 11.7 Å². The quantitative estimate of drug-likeness (QED) is 0.705. The highest BCUT2D eigenvalue weighted by Crippen LogP contribution is 2.34. The minimum Gasteiger partial charge on any atom is -0.381 e. The molecule has 156 valence electrons. The lowest BCUT2D eigenvalue weighted by Crippen LogP contribution is -2.45. The van der Waals surface area contributed by atoms with Gasteiger partial charge in [-0.2, -0.15) is 13.2 Å². The molecule has 2 aromatic rings. The van der Waals surface area contributed by atoms with Crippen molar-refractivity contribution in [3.05, 3.63) is 65.5 Å². The Hall–Kier alpha value is -2.61. The van der Waals surface area contributed by atoms with Gasteiger partial charge in [0, 0.05) is 30.9 Å². The highest BCUT2D eigenvalue weighted by molar-refractivity contribution is 5.80. The molecule has 0 atom stereocenters. The summed E-state index contributed by atoms with van der Waals surface area (Å²) in [4.78, 5) is 12.3. The number of halogens is 4. The van der Waals surface area contributed by atoms with Crippen LogP contribution in [0.2, 0.25) is 0 Å². The van der Waals surface area contributed by atoms with Gasteiger partial charge in [0.05, 0.1) is 12.1 Å². The highest BCUT2D eigenvalue weighted by atomic mass is 19.4. The highest BCUT2D eigenvalue weighted by Gasteiger charge is 2.35. The summed E-state index contributed by atoms with van der Waals surface area (Å²) in [5.41, 5.74) is 0.000609. The second-order valence-electron chi connectivity index (χ2n) is 7.11. The number of benzene rings is 2. The molecule has 0 aliphatic carbocycles. The van der Waals surface area contributed by atoms with Crippen LogP contribution in [0.1, 0.15) is 24.0 Å². The molecule has 0 radical (unpaired) electrons. The number of nitrogens with one attached hydrogen (secondary N) is 2. The van der Waals surface area contributed by atoms with E-state index in [-0.39, 0.29) is 29.4 Å². The average molecular weight is 410 g/mol. The fourth-order valence-corrected chi connectivity index (χ4v) is 3.45. The topological polar surface area (TPSA) is 50.4 Å². The molecular weight excluding hydrogens is 388 g/mol. The van der Waals surface area contributed by atoms with Crippen LogP contribution in [-0.2, 0) is 21.1 Å². The van der Waals surface area contributed by atoms with Gasteiger partial charge in [-0.25, -0.2) is 4.39 Å². The fourth-order valence-electron chi connectivity index (χ4n) is 3.45. The number of hydrogen-bond acceptors (Lipinski definition) is 3. The number of alkyl halides is 3. The van der Waals surface area contributed by atoms with Gasteiger partial charge in [0.2, 0.25) is 5.91 Å². The van der Waals surface area contributed by atoms with Crippen LogP contribution in [0.15, 0.2) is 48.5 Å². The van der Waals surface area contributed by atoms with E-state index in [1.54, 1.807) is 12.1 Å². The molecule has 0 saturated carbocycles. The second-order valence-corrected chi connectivity index (χ2v) is 7.11. The number of amides is 1. The average Bonchev–Trinajstić information content (AvgIpc) is 2.71. The van der Waals surface area contributed by atoms with E-state index in [0.29, 0.717) is 32.6 Å². The maximum atomic E-state index is 13.3. The molecular formula is C21H22F4N2O2. The van der Waals surface area contributed by atoms with Crippen LogP contribution in [0.3, 0.4) is 0 Å². The summed E-state index contributed by atoms with van der Waals surface area (Å²) in [7, 11) is 0. The molecule has 8 heteroatoms. The Morgan fingerprint density at radius 1 is 1.07 bits per heavy atom. The van der Waals surface area contributed by atoms with Gasteiger partial charge < -0.3 is 15.4 Å². The third-order valence-corrected chi connectivity index (χ3v) is 5.17. The van der Waals surface area contributed by atoms with Gasteiger partial charge in [-0.05, 0) is 48.7 Å². The molecule has 2 N–H and O–H groups in total. The SMILES string of the molecule is O=C(CNc1cccc(C(F)(F)F)c1)NCC1(c2ccc(F)cc2)CCOCC1. The first kappa shape index (κ1) is 21.1. The van der Waals surface area contributed by atoms with Crippen LogP contribution in [0.5, 0.6) is 0 Å². The first-order valence-corrected chi connectivity index (χ1v) is 9.30. The van der Waals surface area contributed by atoms with Crippen LogP contribution in [0.4, 0.5) is 23.2 Å². The Kier molecular flexibility index (Phi) is 6.42. The van der Waals surface area contributed by atoms with E-state index in [4.69, 9.17) is 4.74 Å². The third-order valence-electron chi connectivity index (χ3n) is 5.17. The van der Waals surface area contributed by atoms with Gasteiger partial charge in [0.25, 0.3) is 0 Å². The van der Waals surface area contributed by atoms with E-state index in [1.807, 2.05) is 0 Å². The summed E-state index contributed by atoms with van der Waals surface area (Å²) in [6, 6.07) is 10.9.